The Bertz CT molecular complexity index is 883. The minimum absolute atomic E-state index is 0.0342. The summed E-state index contributed by atoms with van der Waals surface area (Å²) in [6.45, 7) is 1.63. The minimum Gasteiger partial charge on any atom is -0.325 e. The molecule has 0 aromatic heterocycles. The second kappa shape index (κ2) is 8.86. The summed E-state index contributed by atoms with van der Waals surface area (Å²) >= 11 is 3.29. The molecule has 0 aliphatic carbocycles. The van der Waals surface area contributed by atoms with Gasteiger partial charge in [0.2, 0.25) is 11.8 Å². The first kappa shape index (κ1) is 19.3. The SMILES string of the molecule is Cc1ccc(C=NNC(=O)CC(=O)Nc2ccccc2Br)cc1[N+](=O)[O-]. The molecule has 0 saturated carbocycles. The maximum absolute atomic E-state index is 11.8. The maximum Gasteiger partial charge on any atom is 0.272 e. The van der Waals surface area contributed by atoms with Crippen molar-refractivity contribution in [1.82, 2.24) is 5.43 Å². The van der Waals surface area contributed by atoms with Gasteiger partial charge in [-0.3, -0.25) is 19.7 Å². The highest BCUT2D eigenvalue weighted by atomic mass is 79.9. The van der Waals surface area contributed by atoms with Crippen LogP contribution in [-0.4, -0.2) is 23.0 Å². The number of benzene rings is 2. The van der Waals surface area contributed by atoms with Crippen LogP contribution in [0.25, 0.3) is 0 Å². The average molecular weight is 419 g/mol. The lowest BCUT2D eigenvalue weighted by Gasteiger charge is -2.06. The van der Waals surface area contributed by atoms with Crippen LogP contribution < -0.4 is 10.7 Å². The number of anilines is 1. The van der Waals surface area contributed by atoms with Gasteiger partial charge in [0.05, 0.1) is 16.8 Å². The molecule has 0 heterocycles. The zero-order chi connectivity index (χ0) is 19.1. The number of nitrogens with zero attached hydrogens (tertiary/aromatic N) is 2. The van der Waals surface area contributed by atoms with Crippen LogP contribution in [-0.2, 0) is 9.59 Å². The van der Waals surface area contributed by atoms with Crippen LogP contribution in [0.15, 0.2) is 52.0 Å². The van der Waals surface area contributed by atoms with Crippen LogP contribution in [0.2, 0.25) is 0 Å². The number of halogens is 1. The fraction of sp³-hybridized carbons (Fsp3) is 0.118. The monoisotopic (exact) mass is 418 g/mol. The number of hydrogen-bond donors (Lipinski definition) is 2. The first-order chi connectivity index (χ1) is 12.4. The van der Waals surface area contributed by atoms with Gasteiger partial charge < -0.3 is 5.32 Å². The molecule has 8 nitrogen and oxygen atoms in total. The van der Waals surface area contributed by atoms with Crippen molar-refractivity contribution in [3.05, 3.63) is 68.2 Å². The van der Waals surface area contributed by atoms with E-state index < -0.39 is 23.2 Å². The summed E-state index contributed by atoms with van der Waals surface area (Å²) in [7, 11) is 0. The van der Waals surface area contributed by atoms with Gasteiger partial charge in [-0.25, -0.2) is 5.43 Å². The first-order valence-electron chi connectivity index (χ1n) is 7.48. The molecule has 2 aromatic rings. The molecule has 134 valence electrons. The summed E-state index contributed by atoms with van der Waals surface area (Å²) in [4.78, 5) is 34.0. The van der Waals surface area contributed by atoms with E-state index in [1.807, 2.05) is 0 Å². The number of carbonyl (C=O) groups is 2. The van der Waals surface area contributed by atoms with Crippen LogP contribution in [0.5, 0.6) is 0 Å². The number of hydrazone groups is 1. The van der Waals surface area contributed by atoms with Crippen molar-refractivity contribution >= 4 is 45.3 Å². The van der Waals surface area contributed by atoms with Crippen molar-refractivity contribution in [3.8, 4) is 0 Å². The smallest absolute Gasteiger partial charge is 0.272 e. The van der Waals surface area contributed by atoms with Crippen molar-refractivity contribution in [2.75, 3.05) is 5.32 Å². The van der Waals surface area contributed by atoms with Crippen molar-refractivity contribution in [2.24, 2.45) is 5.10 Å². The number of nitrogens with one attached hydrogen (secondary N) is 2. The topological polar surface area (TPSA) is 114 Å². The molecule has 9 heteroatoms. The Balaban J connectivity index is 1.89. The van der Waals surface area contributed by atoms with E-state index in [0.29, 0.717) is 21.3 Å². The number of nitro benzene ring substituents is 1. The second-order valence-corrected chi connectivity index (χ2v) is 6.16. The van der Waals surface area contributed by atoms with E-state index in [4.69, 9.17) is 0 Å². The number of carbonyl (C=O) groups excluding carboxylic acids is 2. The molecule has 0 radical (unpaired) electrons. The summed E-state index contributed by atoms with van der Waals surface area (Å²) in [5, 5.41) is 17.2. The summed E-state index contributed by atoms with van der Waals surface area (Å²) in [6.07, 6.45) is 0.864. The quantitative estimate of drug-likeness (QED) is 0.324. The van der Waals surface area contributed by atoms with Gasteiger partial charge in [0, 0.05) is 21.7 Å². The fourth-order valence-corrected chi connectivity index (χ4v) is 2.41. The van der Waals surface area contributed by atoms with Crippen LogP contribution in [0.3, 0.4) is 0 Å². The Morgan fingerprint density at radius 1 is 1.23 bits per heavy atom. The molecular formula is C17H15BrN4O4. The molecule has 0 atom stereocenters. The molecule has 26 heavy (non-hydrogen) atoms. The molecule has 2 amide bonds. The van der Waals surface area contributed by atoms with Crippen molar-refractivity contribution in [1.29, 1.82) is 0 Å². The lowest BCUT2D eigenvalue weighted by Crippen LogP contribution is -2.24. The highest BCUT2D eigenvalue weighted by Gasteiger charge is 2.11. The standard InChI is InChI=1S/C17H15BrN4O4/c1-11-6-7-12(8-15(11)22(25)26)10-19-21-17(24)9-16(23)20-14-5-3-2-4-13(14)18/h2-8,10H,9H2,1H3,(H,20,23)(H,21,24). The van der Waals surface area contributed by atoms with E-state index in [2.05, 4.69) is 31.8 Å². The van der Waals surface area contributed by atoms with Gasteiger partial charge in [-0.15, -0.1) is 0 Å². The van der Waals surface area contributed by atoms with Gasteiger partial charge in [0.25, 0.3) is 5.69 Å². The lowest BCUT2D eigenvalue weighted by molar-refractivity contribution is -0.385. The lowest BCUT2D eigenvalue weighted by atomic mass is 10.1. The zero-order valence-electron chi connectivity index (χ0n) is 13.7. The van der Waals surface area contributed by atoms with Gasteiger partial charge >= 0.3 is 0 Å². The van der Waals surface area contributed by atoms with Crippen LogP contribution in [0.1, 0.15) is 17.5 Å². The third-order valence-electron chi connectivity index (χ3n) is 3.30. The predicted octanol–water partition coefficient (Wildman–Crippen LogP) is 3.14. The summed E-state index contributed by atoms with van der Waals surface area (Å²) in [5.41, 5.74) is 3.72. The fourth-order valence-electron chi connectivity index (χ4n) is 2.02. The maximum atomic E-state index is 11.8. The highest BCUT2D eigenvalue weighted by molar-refractivity contribution is 9.10. The Morgan fingerprint density at radius 2 is 1.96 bits per heavy atom. The number of rotatable bonds is 6. The Labute approximate surface area is 157 Å². The van der Waals surface area contributed by atoms with Gasteiger partial charge in [0.15, 0.2) is 0 Å². The average Bonchev–Trinajstić information content (AvgIpc) is 2.58. The van der Waals surface area contributed by atoms with Crippen molar-refractivity contribution in [3.63, 3.8) is 0 Å². The Hall–Kier alpha value is -3.07. The molecule has 0 unspecified atom stereocenters. The molecule has 2 N–H and O–H groups in total. The van der Waals surface area contributed by atoms with E-state index in [-0.39, 0.29) is 5.69 Å². The van der Waals surface area contributed by atoms with E-state index >= 15 is 0 Å². The highest BCUT2D eigenvalue weighted by Crippen LogP contribution is 2.21. The van der Waals surface area contributed by atoms with Crippen molar-refractivity contribution < 1.29 is 14.5 Å². The molecule has 0 bridgehead atoms. The normalized spacial score (nSPS) is 10.5. The van der Waals surface area contributed by atoms with Gasteiger partial charge in [-0.05, 0) is 35.0 Å². The third kappa shape index (κ3) is 5.49. The molecule has 0 aliphatic rings. The number of nitro groups is 1. The number of para-hydroxylation sites is 1. The molecular weight excluding hydrogens is 404 g/mol. The predicted molar refractivity (Wildman–Crippen MR) is 101 cm³/mol. The molecule has 0 aliphatic heterocycles. The largest absolute Gasteiger partial charge is 0.325 e. The van der Waals surface area contributed by atoms with E-state index in [1.54, 1.807) is 43.3 Å². The van der Waals surface area contributed by atoms with Crippen LogP contribution >= 0.6 is 15.9 Å². The van der Waals surface area contributed by atoms with Crippen molar-refractivity contribution in [2.45, 2.75) is 13.3 Å². The van der Waals surface area contributed by atoms with Gasteiger partial charge in [-0.2, -0.15) is 5.10 Å². The third-order valence-corrected chi connectivity index (χ3v) is 3.99. The molecule has 0 fully saturated rings. The van der Waals surface area contributed by atoms with E-state index in [9.17, 15) is 19.7 Å². The Kier molecular flexibility index (Phi) is 6.56. The van der Waals surface area contributed by atoms with E-state index in [0.717, 1.165) is 0 Å². The van der Waals surface area contributed by atoms with Crippen LogP contribution in [0, 0.1) is 17.0 Å². The number of hydrogen-bond acceptors (Lipinski definition) is 5. The summed E-state index contributed by atoms with van der Waals surface area (Å²) < 4.78 is 0.702. The molecule has 0 spiro atoms. The van der Waals surface area contributed by atoms with Crippen LogP contribution in [0.4, 0.5) is 11.4 Å². The number of amides is 2. The second-order valence-electron chi connectivity index (χ2n) is 5.30. The first-order valence-corrected chi connectivity index (χ1v) is 8.27. The molecule has 2 aromatic carbocycles. The zero-order valence-corrected chi connectivity index (χ0v) is 15.3. The van der Waals surface area contributed by atoms with Gasteiger partial charge in [0.1, 0.15) is 6.42 Å². The number of aryl methyl sites for hydroxylation is 1. The molecule has 2 rings (SSSR count). The summed E-state index contributed by atoms with van der Waals surface area (Å²) in [6, 6.07) is 11.6. The Morgan fingerprint density at radius 3 is 2.65 bits per heavy atom. The van der Waals surface area contributed by atoms with Gasteiger partial charge in [-0.1, -0.05) is 24.3 Å². The van der Waals surface area contributed by atoms with E-state index in [1.165, 1.54) is 12.3 Å². The minimum atomic E-state index is -0.604. The summed E-state index contributed by atoms with van der Waals surface area (Å²) in [5.74, 6) is -1.09. The molecule has 0 saturated heterocycles.